The number of hydrogen-bond acceptors (Lipinski definition) is 6. The van der Waals surface area contributed by atoms with Crippen LogP contribution in [0.1, 0.15) is 11.1 Å². The van der Waals surface area contributed by atoms with Crippen LogP contribution in [0.4, 0.5) is 11.6 Å². The number of pyridine rings is 2. The van der Waals surface area contributed by atoms with Gasteiger partial charge in [0, 0.05) is 29.7 Å². The topological polar surface area (TPSA) is 128 Å². The summed E-state index contributed by atoms with van der Waals surface area (Å²) < 4.78 is 0. The number of nitrogens with zero attached hydrogens (tertiary/aromatic N) is 3. The predicted molar refractivity (Wildman–Crippen MR) is 105 cm³/mol. The molecule has 0 radical (unpaired) electrons. The molecule has 0 bridgehead atoms. The van der Waals surface area contributed by atoms with Gasteiger partial charge in [0.15, 0.2) is 0 Å². The van der Waals surface area contributed by atoms with Crippen molar-refractivity contribution in [3.05, 3.63) is 72.1 Å². The van der Waals surface area contributed by atoms with Gasteiger partial charge >= 0.3 is 0 Å². The van der Waals surface area contributed by atoms with E-state index in [-0.39, 0.29) is 0 Å². The monoisotopic (exact) mass is 342 g/mol. The van der Waals surface area contributed by atoms with E-state index in [2.05, 4.69) is 16.0 Å². The number of anilines is 2. The zero-order valence-corrected chi connectivity index (χ0v) is 14.1. The third-order valence-corrected chi connectivity index (χ3v) is 4.02. The molecule has 0 saturated carbocycles. The molecule has 0 amide bonds. The van der Waals surface area contributed by atoms with E-state index >= 15 is 0 Å². The summed E-state index contributed by atoms with van der Waals surface area (Å²) in [6, 6.07) is 17.2. The quantitative estimate of drug-likeness (QED) is 0.488. The van der Waals surface area contributed by atoms with E-state index in [9.17, 15) is 0 Å². The maximum Gasteiger partial charge on any atom is 0.131 e. The molecule has 4 rings (SSSR count). The van der Waals surface area contributed by atoms with Crippen molar-refractivity contribution in [2.75, 3.05) is 11.5 Å². The summed E-state index contributed by atoms with van der Waals surface area (Å²) in [6.45, 7) is 0.554. The van der Waals surface area contributed by atoms with Crippen LogP contribution < -0.4 is 17.2 Å². The highest BCUT2D eigenvalue weighted by Crippen LogP contribution is 2.20. The summed E-state index contributed by atoms with van der Waals surface area (Å²) in [6.07, 6.45) is 3.34. The zero-order chi connectivity index (χ0) is 18.5. The fourth-order valence-electron chi connectivity index (χ4n) is 2.65. The highest BCUT2D eigenvalue weighted by atomic mass is 14.8. The van der Waals surface area contributed by atoms with Gasteiger partial charge in [-0.05, 0) is 52.7 Å². The average molecular weight is 342 g/mol. The minimum absolute atomic E-state index is 0.502. The summed E-state index contributed by atoms with van der Waals surface area (Å²) in [5.74, 6) is 1.07. The second-order valence-electron chi connectivity index (χ2n) is 5.70. The molecule has 0 atom stereocenters. The fraction of sp³-hybridized carbons (Fsp3) is 0.0500. The van der Waals surface area contributed by atoms with Gasteiger partial charge in [0.1, 0.15) is 11.6 Å². The van der Waals surface area contributed by atoms with Crippen molar-refractivity contribution in [1.82, 2.24) is 9.97 Å². The second-order valence-corrected chi connectivity index (χ2v) is 5.70. The highest BCUT2D eigenvalue weighted by Gasteiger charge is 1.99. The van der Waals surface area contributed by atoms with Crippen molar-refractivity contribution in [2.45, 2.75) is 6.54 Å². The number of nitrogens with two attached hydrogens (primary N) is 3. The molecule has 2 aromatic carbocycles. The van der Waals surface area contributed by atoms with Gasteiger partial charge in [-0.3, -0.25) is 0 Å². The van der Waals surface area contributed by atoms with E-state index in [4.69, 9.17) is 22.5 Å². The van der Waals surface area contributed by atoms with Crippen LogP contribution in [0.25, 0.3) is 21.5 Å². The molecule has 6 N–H and O–H groups in total. The van der Waals surface area contributed by atoms with Gasteiger partial charge < -0.3 is 17.2 Å². The Morgan fingerprint density at radius 2 is 1.38 bits per heavy atom. The Morgan fingerprint density at radius 3 is 1.96 bits per heavy atom. The molecule has 0 spiro atoms. The smallest absolute Gasteiger partial charge is 0.131 e. The van der Waals surface area contributed by atoms with Gasteiger partial charge in [-0.1, -0.05) is 12.1 Å². The first-order valence-corrected chi connectivity index (χ1v) is 8.00. The minimum atomic E-state index is 0.502. The molecule has 0 aliphatic carbocycles. The largest absolute Gasteiger partial charge is 0.383 e. The number of fused-ring (bicyclic) bond motifs is 2. The predicted octanol–water partition coefficient (Wildman–Crippen LogP) is 2.96. The summed E-state index contributed by atoms with van der Waals surface area (Å²) >= 11 is 0. The van der Waals surface area contributed by atoms with Crippen molar-refractivity contribution in [2.24, 2.45) is 5.73 Å². The first-order chi connectivity index (χ1) is 12.6. The molecule has 2 aromatic heterocycles. The van der Waals surface area contributed by atoms with Crippen LogP contribution >= 0.6 is 0 Å². The van der Waals surface area contributed by atoms with E-state index in [1.165, 1.54) is 0 Å². The molecule has 0 aliphatic rings. The Hall–Kier alpha value is -3.69. The van der Waals surface area contributed by atoms with E-state index < -0.39 is 0 Å². The van der Waals surface area contributed by atoms with Crippen LogP contribution in [0.5, 0.6) is 0 Å². The van der Waals surface area contributed by atoms with Crippen molar-refractivity contribution >= 4 is 33.2 Å². The Balaban J connectivity index is 0.000000151. The first-order valence-electron chi connectivity index (χ1n) is 8.00. The lowest BCUT2D eigenvalue weighted by Crippen LogP contribution is -1.96. The van der Waals surface area contributed by atoms with E-state index in [0.29, 0.717) is 23.7 Å². The molecule has 6 heteroatoms. The molecule has 0 fully saturated rings. The molecule has 128 valence electrons. The molecule has 6 nitrogen and oxygen atoms in total. The van der Waals surface area contributed by atoms with E-state index in [1.54, 1.807) is 24.5 Å². The van der Waals surface area contributed by atoms with Crippen molar-refractivity contribution < 1.29 is 0 Å². The molecular formula is C20H18N6. The Morgan fingerprint density at radius 1 is 0.808 bits per heavy atom. The Kier molecular flexibility index (Phi) is 4.92. The molecule has 2 heterocycles. The maximum absolute atomic E-state index is 8.67. The van der Waals surface area contributed by atoms with Gasteiger partial charge in [0.2, 0.25) is 0 Å². The molecule has 4 aromatic rings. The van der Waals surface area contributed by atoms with Crippen LogP contribution in [0.15, 0.2) is 60.9 Å². The number of nitriles is 1. The van der Waals surface area contributed by atoms with Crippen molar-refractivity contribution in [3.63, 3.8) is 0 Å². The lowest BCUT2D eigenvalue weighted by atomic mass is 10.1. The molecule has 26 heavy (non-hydrogen) atoms. The second kappa shape index (κ2) is 7.47. The van der Waals surface area contributed by atoms with Gasteiger partial charge in [0.25, 0.3) is 0 Å². The summed E-state index contributed by atoms with van der Waals surface area (Å²) in [5.41, 5.74) is 18.6. The lowest BCUT2D eigenvalue weighted by molar-refractivity contribution is 1.08. The standard InChI is InChI=1S/C10H11N3.C10H7N3/c2*11-6-7-1-2-9-8(5-7)3-4-13-10(9)12/h1-5H,6,11H2,(H2,12,13);1-5H,(H2,12,13). The molecular weight excluding hydrogens is 324 g/mol. The van der Waals surface area contributed by atoms with Crippen molar-refractivity contribution in [3.8, 4) is 6.07 Å². The number of benzene rings is 2. The van der Waals surface area contributed by atoms with Crippen LogP contribution in [-0.4, -0.2) is 9.97 Å². The van der Waals surface area contributed by atoms with Gasteiger partial charge in [-0.2, -0.15) is 5.26 Å². The lowest BCUT2D eigenvalue weighted by Gasteiger charge is -2.02. The molecule has 0 saturated heterocycles. The normalized spacial score (nSPS) is 10.2. The van der Waals surface area contributed by atoms with Crippen LogP contribution in [-0.2, 0) is 6.54 Å². The van der Waals surface area contributed by atoms with Crippen LogP contribution in [0.3, 0.4) is 0 Å². The fourth-order valence-corrected chi connectivity index (χ4v) is 2.65. The minimum Gasteiger partial charge on any atom is -0.383 e. The number of aromatic nitrogens is 2. The maximum atomic E-state index is 8.67. The Labute approximate surface area is 150 Å². The summed E-state index contributed by atoms with van der Waals surface area (Å²) in [7, 11) is 0. The third-order valence-electron chi connectivity index (χ3n) is 4.02. The van der Waals surface area contributed by atoms with Crippen molar-refractivity contribution in [1.29, 1.82) is 5.26 Å². The summed E-state index contributed by atoms with van der Waals surface area (Å²) in [5, 5.41) is 12.6. The zero-order valence-electron chi connectivity index (χ0n) is 14.1. The van der Waals surface area contributed by atoms with Gasteiger partial charge in [0.05, 0.1) is 11.6 Å². The average Bonchev–Trinajstić information content (AvgIpc) is 2.68. The SMILES string of the molecule is N#Cc1ccc2c(N)nccc2c1.NCc1ccc2c(N)nccc2c1. The van der Waals surface area contributed by atoms with Crippen LogP contribution in [0, 0.1) is 11.3 Å². The van der Waals surface area contributed by atoms with Crippen LogP contribution in [0.2, 0.25) is 0 Å². The third kappa shape index (κ3) is 3.53. The highest BCUT2D eigenvalue weighted by molar-refractivity contribution is 5.92. The van der Waals surface area contributed by atoms with Gasteiger partial charge in [-0.25, -0.2) is 9.97 Å². The van der Waals surface area contributed by atoms with E-state index in [1.807, 2.05) is 36.4 Å². The van der Waals surface area contributed by atoms with E-state index in [0.717, 1.165) is 27.1 Å². The van der Waals surface area contributed by atoms with Gasteiger partial charge in [-0.15, -0.1) is 0 Å². The Bertz CT molecular complexity index is 1110. The molecule has 0 unspecified atom stereocenters. The number of nitrogen functional groups attached to an aromatic ring is 2. The number of hydrogen-bond donors (Lipinski definition) is 3. The summed E-state index contributed by atoms with van der Waals surface area (Å²) in [4.78, 5) is 7.97. The number of rotatable bonds is 1. The molecule has 0 aliphatic heterocycles. The first kappa shape index (κ1) is 17.1.